The number of benzene rings is 2. The predicted octanol–water partition coefficient (Wildman–Crippen LogP) is 4.72. The van der Waals surface area contributed by atoms with E-state index in [9.17, 15) is 8.78 Å². The van der Waals surface area contributed by atoms with E-state index in [1.54, 1.807) is 13.3 Å². The van der Waals surface area contributed by atoms with Crippen molar-refractivity contribution in [1.82, 2.24) is 10.1 Å². The average molecular weight is 461 g/mol. The fourth-order valence-corrected chi connectivity index (χ4v) is 3.80. The molecule has 2 aromatic carbocycles. The van der Waals surface area contributed by atoms with Gasteiger partial charge in [-0.2, -0.15) is 4.98 Å². The molecule has 0 fully saturated rings. The first-order chi connectivity index (χ1) is 16.6. The molecule has 1 aromatic heterocycles. The Labute approximate surface area is 194 Å². The van der Waals surface area contributed by atoms with Crippen molar-refractivity contribution in [3.8, 4) is 11.4 Å². The number of hydrogen-bond acceptors (Lipinski definition) is 7. The van der Waals surface area contributed by atoms with E-state index in [-0.39, 0.29) is 17.4 Å². The normalized spacial score (nSPS) is 17.5. The summed E-state index contributed by atoms with van der Waals surface area (Å²) in [7, 11) is 1.66. The molecule has 0 bridgehead atoms. The van der Waals surface area contributed by atoms with E-state index < -0.39 is 11.6 Å². The highest BCUT2D eigenvalue weighted by Crippen LogP contribution is 2.23. The molecule has 5 rings (SSSR count). The lowest BCUT2D eigenvalue weighted by atomic mass is 10.1. The van der Waals surface area contributed by atoms with Gasteiger partial charge in [0.05, 0.1) is 23.9 Å². The maximum Gasteiger partial charge on any atom is 0.229 e. The second-order valence-electron chi connectivity index (χ2n) is 7.98. The lowest BCUT2D eigenvalue weighted by Crippen LogP contribution is -2.13. The number of fused-ring (bicyclic) bond motifs is 1. The third-order valence-corrected chi connectivity index (χ3v) is 5.55. The summed E-state index contributed by atoms with van der Waals surface area (Å²) < 4.78 is 38.4. The van der Waals surface area contributed by atoms with Crippen molar-refractivity contribution in [2.24, 2.45) is 15.0 Å². The van der Waals surface area contributed by atoms with Crippen LogP contribution in [0.4, 0.5) is 8.78 Å². The van der Waals surface area contributed by atoms with E-state index in [1.165, 1.54) is 12.1 Å². The SMILES string of the molecule is COCc1ccc(-c2noc(CC3CCC=C4N=C(c5cccc(F)c5F)N=C4C=N3)n2)cc1. The zero-order chi connectivity index (χ0) is 23.5. The molecule has 0 amide bonds. The van der Waals surface area contributed by atoms with Crippen molar-refractivity contribution < 1.29 is 18.0 Å². The second-order valence-corrected chi connectivity index (χ2v) is 7.98. The number of amidine groups is 1. The number of aromatic nitrogens is 2. The Morgan fingerprint density at radius 2 is 1.94 bits per heavy atom. The number of aliphatic imine (C=N–C) groups is 3. The van der Waals surface area contributed by atoms with Crippen LogP contribution in [0, 0.1) is 11.6 Å². The van der Waals surface area contributed by atoms with E-state index in [2.05, 4.69) is 25.1 Å². The molecule has 0 N–H and O–H groups in total. The number of hydrogen-bond donors (Lipinski definition) is 0. The van der Waals surface area contributed by atoms with E-state index in [0.29, 0.717) is 42.6 Å². The van der Waals surface area contributed by atoms with E-state index in [1.807, 2.05) is 30.3 Å². The molecular weight excluding hydrogens is 440 g/mol. The summed E-state index contributed by atoms with van der Waals surface area (Å²) in [5, 5.41) is 4.09. The van der Waals surface area contributed by atoms with Crippen LogP contribution >= 0.6 is 0 Å². The summed E-state index contributed by atoms with van der Waals surface area (Å²) in [6.45, 7) is 0.544. The van der Waals surface area contributed by atoms with Crippen molar-refractivity contribution in [3.63, 3.8) is 0 Å². The minimum absolute atomic E-state index is 0.0266. The lowest BCUT2D eigenvalue weighted by Gasteiger charge is -2.11. The number of ether oxygens (including phenoxy) is 1. The number of methoxy groups -OCH3 is 1. The van der Waals surface area contributed by atoms with Crippen molar-refractivity contribution in [1.29, 1.82) is 0 Å². The summed E-state index contributed by atoms with van der Waals surface area (Å²) in [6, 6.07) is 11.7. The molecule has 0 aliphatic carbocycles. The summed E-state index contributed by atoms with van der Waals surface area (Å²) in [5.41, 5.74) is 3.08. The van der Waals surface area contributed by atoms with Gasteiger partial charge in [-0.3, -0.25) is 4.99 Å². The molecule has 3 aromatic rings. The highest BCUT2D eigenvalue weighted by molar-refractivity contribution is 6.43. The van der Waals surface area contributed by atoms with Crippen LogP contribution in [0.15, 0.2) is 73.7 Å². The Morgan fingerprint density at radius 3 is 2.76 bits per heavy atom. The molecule has 0 radical (unpaired) electrons. The van der Waals surface area contributed by atoms with Crippen molar-refractivity contribution >= 4 is 17.8 Å². The lowest BCUT2D eigenvalue weighted by molar-refractivity contribution is 0.185. The third kappa shape index (κ3) is 4.60. The van der Waals surface area contributed by atoms with Gasteiger partial charge in [0.15, 0.2) is 17.5 Å². The standard InChI is InChI=1S/C25H21F2N5O2/c1-33-14-15-8-10-16(11-9-15)24-31-22(34-32-24)12-17-4-2-7-20-21(13-28-17)30-25(29-20)18-5-3-6-19(26)23(18)27/h3,5-11,13,17H,2,4,12,14H2,1H3. The van der Waals surface area contributed by atoms with E-state index >= 15 is 0 Å². The molecule has 0 saturated carbocycles. The summed E-state index contributed by atoms with van der Waals surface area (Å²) in [4.78, 5) is 17.9. The molecule has 7 nitrogen and oxygen atoms in total. The largest absolute Gasteiger partial charge is 0.380 e. The second kappa shape index (κ2) is 9.56. The van der Waals surface area contributed by atoms with Crippen LogP contribution in [0.1, 0.15) is 29.9 Å². The van der Waals surface area contributed by atoms with Gasteiger partial charge in [-0.05, 0) is 30.5 Å². The maximum absolute atomic E-state index is 14.2. The summed E-state index contributed by atoms with van der Waals surface area (Å²) >= 11 is 0. The summed E-state index contributed by atoms with van der Waals surface area (Å²) in [6.07, 6.45) is 5.47. The molecule has 0 spiro atoms. The smallest absolute Gasteiger partial charge is 0.229 e. The van der Waals surface area contributed by atoms with Crippen molar-refractivity contribution in [2.45, 2.75) is 31.9 Å². The van der Waals surface area contributed by atoms with Gasteiger partial charge < -0.3 is 9.26 Å². The van der Waals surface area contributed by atoms with E-state index in [0.717, 1.165) is 23.6 Å². The fourth-order valence-electron chi connectivity index (χ4n) is 3.80. The van der Waals surface area contributed by atoms with Crippen LogP contribution in [0.2, 0.25) is 0 Å². The first-order valence-electron chi connectivity index (χ1n) is 10.9. The van der Waals surface area contributed by atoms with Gasteiger partial charge in [0.1, 0.15) is 5.71 Å². The third-order valence-electron chi connectivity index (χ3n) is 5.55. The number of halogens is 2. The van der Waals surface area contributed by atoms with Gasteiger partial charge in [0.2, 0.25) is 11.7 Å². The van der Waals surface area contributed by atoms with E-state index in [4.69, 9.17) is 9.26 Å². The van der Waals surface area contributed by atoms with Crippen LogP contribution in [-0.2, 0) is 17.8 Å². The zero-order valence-electron chi connectivity index (χ0n) is 18.4. The maximum atomic E-state index is 14.2. The molecule has 9 heteroatoms. The van der Waals surface area contributed by atoms with Gasteiger partial charge in [-0.25, -0.2) is 18.8 Å². The molecule has 2 aliphatic rings. The van der Waals surface area contributed by atoms with Gasteiger partial charge in [0.25, 0.3) is 0 Å². The number of rotatable bonds is 6. The Hall–Kier alpha value is -3.85. The van der Waals surface area contributed by atoms with Gasteiger partial charge in [0, 0.05) is 25.3 Å². The molecule has 34 heavy (non-hydrogen) atoms. The topological polar surface area (TPSA) is 85.2 Å². The Morgan fingerprint density at radius 1 is 1.09 bits per heavy atom. The predicted molar refractivity (Wildman–Crippen MR) is 124 cm³/mol. The van der Waals surface area contributed by atoms with Gasteiger partial charge >= 0.3 is 0 Å². The first-order valence-corrected chi connectivity index (χ1v) is 10.9. The molecular formula is C25H21F2N5O2. The highest BCUT2D eigenvalue weighted by Gasteiger charge is 2.23. The molecule has 1 unspecified atom stereocenters. The minimum Gasteiger partial charge on any atom is -0.380 e. The Bertz CT molecular complexity index is 1330. The molecule has 1 atom stereocenters. The zero-order valence-corrected chi connectivity index (χ0v) is 18.4. The monoisotopic (exact) mass is 461 g/mol. The molecule has 3 heterocycles. The number of nitrogens with zero attached hydrogens (tertiary/aromatic N) is 5. The Balaban J connectivity index is 1.29. The van der Waals surface area contributed by atoms with Crippen LogP contribution in [0.5, 0.6) is 0 Å². The quantitative estimate of drug-likeness (QED) is 0.532. The van der Waals surface area contributed by atoms with Crippen LogP contribution < -0.4 is 0 Å². The fraction of sp³-hybridized carbons (Fsp3) is 0.240. The van der Waals surface area contributed by atoms with Crippen LogP contribution in [0.3, 0.4) is 0 Å². The van der Waals surface area contributed by atoms with Crippen molar-refractivity contribution in [3.05, 3.63) is 82.9 Å². The Kier molecular flexibility index (Phi) is 6.18. The van der Waals surface area contributed by atoms with Crippen LogP contribution in [0.25, 0.3) is 11.4 Å². The van der Waals surface area contributed by atoms with Crippen LogP contribution in [-0.4, -0.2) is 41.1 Å². The average Bonchev–Trinajstić information content (AvgIpc) is 3.45. The highest BCUT2D eigenvalue weighted by atomic mass is 19.2. The van der Waals surface area contributed by atoms with Gasteiger partial charge in [-0.1, -0.05) is 41.6 Å². The molecule has 0 saturated heterocycles. The van der Waals surface area contributed by atoms with Crippen molar-refractivity contribution in [2.75, 3.05) is 7.11 Å². The molecule has 2 aliphatic heterocycles. The molecule has 172 valence electrons. The number of allylic oxidation sites excluding steroid dienone is 2. The first kappa shape index (κ1) is 22.0. The van der Waals surface area contributed by atoms with Gasteiger partial charge in [-0.15, -0.1) is 0 Å². The minimum atomic E-state index is -0.962. The summed E-state index contributed by atoms with van der Waals surface area (Å²) in [5.74, 6) is -0.740.